The van der Waals surface area contributed by atoms with Crippen molar-refractivity contribution in [1.29, 1.82) is 0 Å². The minimum absolute atomic E-state index is 0.922. The molecular formula is C5H14N2O7S. The monoisotopic (exact) mass is 246 g/mol. The molecule has 0 heterocycles. The Kier molecular flexibility index (Phi) is 5.36. The molecule has 0 aliphatic carbocycles. The van der Waals surface area contributed by atoms with E-state index in [1.165, 1.54) is 0 Å². The summed E-state index contributed by atoms with van der Waals surface area (Å²) < 4.78 is 28.8. The number of carboxylic acid groups (broad SMARTS) is 1. The second-order valence-electron chi connectivity index (χ2n) is 3.38. The normalized spacial score (nSPS) is 15.9. The minimum atomic E-state index is -5.16. The number of hydrogen-bond donors (Lipinski definition) is 4. The van der Waals surface area contributed by atoms with E-state index in [1.807, 2.05) is 0 Å². The first-order chi connectivity index (χ1) is 6.44. The van der Waals surface area contributed by atoms with E-state index in [0.29, 0.717) is 0 Å². The van der Waals surface area contributed by atoms with Crippen LogP contribution in [-0.2, 0) is 14.9 Å². The van der Waals surface area contributed by atoms with Gasteiger partial charge in [0.15, 0.2) is 5.97 Å². The van der Waals surface area contributed by atoms with Gasteiger partial charge in [-0.05, 0) is 0 Å². The van der Waals surface area contributed by atoms with Gasteiger partial charge >= 0.3 is 15.2 Å². The van der Waals surface area contributed by atoms with Crippen molar-refractivity contribution in [2.75, 3.05) is 21.1 Å². The molecule has 0 aromatic carbocycles. The van der Waals surface area contributed by atoms with Gasteiger partial charge in [-0.2, -0.15) is 8.42 Å². The molecule has 0 saturated carbocycles. The van der Waals surface area contributed by atoms with Crippen molar-refractivity contribution in [2.45, 2.75) is 5.06 Å². The fraction of sp³-hybridized carbons (Fsp3) is 0.800. The summed E-state index contributed by atoms with van der Waals surface area (Å²) in [6.07, 6.45) is 0. The molecule has 0 rings (SSSR count). The van der Waals surface area contributed by atoms with E-state index in [2.05, 4.69) is 5.90 Å². The van der Waals surface area contributed by atoms with Gasteiger partial charge in [0.2, 0.25) is 0 Å². The molecule has 0 bridgehead atoms. The van der Waals surface area contributed by atoms with Crippen molar-refractivity contribution in [3.05, 3.63) is 0 Å². The molecule has 92 valence electrons. The first-order valence-corrected chi connectivity index (χ1v) is 4.87. The van der Waals surface area contributed by atoms with Crippen LogP contribution in [0.1, 0.15) is 0 Å². The summed E-state index contributed by atoms with van der Waals surface area (Å²) in [7, 11) is -1.90. The fourth-order valence-corrected chi connectivity index (χ4v) is 1.63. The van der Waals surface area contributed by atoms with Crippen molar-refractivity contribution < 1.29 is 37.7 Å². The summed E-state index contributed by atoms with van der Waals surface area (Å²) in [5.74, 6) is 1.22. The molecule has 0 saturated heterocycles. The second-order valence-corrected chi connectivity index (χ2v) is 4.90. The highest BCUT2D eigenvalue weighted by atomic mass is 32.2. The standard InChI is InChI=1S/C5H11NO6S.H3NO/c1-6(2,3)5(9,4(7)8)13(10,11)12;1-2/h9H,1-3H3,(H-,7,8,10,11,12);2H,1H2. The molecule has 0 fully saturated rings. The van der Waals surface area contributed by atoms with Gasteiger partial charge in [-0.3, -0.25) is 9.04 Å². The predicted octanol–water partition coefficient (Wildman–Crippen LogP) is -3.69. The number of nitrogens with two attached hydrogens (primary N) is 1. The fourth-order valence-electron chi connectivity index (χ4n) is 0.725. The quantitative estimate of drug-likeness (QED) is 0.171. The van der Waals surface area contributed by atoms with Gasteiger partial charge in [0.1, 0.15) is 0 Å². The number of carboxylic acids is 1. The van der Waals surface area contributed by atoms with E-state index in [1.54, 1.807) is 0 Å². The lowest BCUT2D eigenvalue weighted by Crippen LogP contribution is -2.69. The van der Waals surface area contributed by atoms with Gasteiger partial charge in [0.05, 0.1) is 21.1 Å². The third-order valence-electron chi connectivity index (χ3n) is 1.53. The number of carbonyl (C=O) groups is 1. The molecule has 10 heteroatoms. The zero-order valence-electron chi connectivity index (χ0n) is 8.41. The van der Waals surface area contributed by atoms with Crippen LogP contribution in [0.4, 0.5) is 0 Å². The van der Waals surface area contributed by atoms with Gasteiger partial charge in [0.25, 0.3) is 0 Å². The van der Waals surface area contributed by atoms with E-state index in [4.69, 9.17) is 9.76 Å². The third kappa shape index (κ3) is 3.09. The van der Waals surface area contributed by atoms with Gasteiger partial charge in [0, 0.05) is 0 Å². The average Bonchev–Trinajstić information content (AvgIpc) is 2.02. The zero-order valence-corrected chi connectivity index (χ0v) is 9.22. The van der Waals surface area contributed by atoms with Crippen molar-refractivity contribution in [3.63, 3.8) is 0 Å². The SMILES string of the molecule is C[N+](C)(C)C(O)(C(=O)[O-])S(=O)(=O)O.NO. The number of carbonyl (C=O) groups excluding carboxylic acids is 1. The molecule has 0 aromatic heterocycles. The molecule has 5 N–H and O–H groups in total. The summed E-state index contributed by atoms with van der Waals surface area (Å²) in [4.78, 5) is 10.4. The van der Waals surface area contributed by atoms with Crippen LogP contribution >= 0.6 is 0 Å². The number of hydrogen-bond acceptors (Lipinski definition) is 7. The van der Waals surface area contributed by atoms with Crippen molar-refractivity contribution in [2.24, 2.45) is 5.90 Å². The molecule has 0 aliphatic heterocycles. The van der Waals surface area contributed by atoms with E-state index in [0.717, 1.165) is 21.1 Å². The molecule has 1 atom stereocenters. The molecule has 15 heavy (non-hydrogen) atoms. The highest BCUT2D eigenvalue weighted by molar-refractivity contribution is 7.87. The Morgan fingerprint density at radius 1 is 1.33 bits per heavy atom. The summed E-state index contributed by atoms with van der Waals surface area (Å²) in [5, 5.41) is 22.8. The van der Waals surface area contributed by atoms with Crippen molar-refractivity contribution in [3.8, 4) is 0 Å². The van der Waals surface area contributed by atoms with Crippen LogP contribution in [0.15, 0.2) is 0 Å². The lowest BCUT2D eigenvalue weighted by molar-refractivity contribution is -0.923. The van der Waals surface area contributed by atoms with Gasteiger partial charge in [-0.25, -0.2) is 5.90 Å². The Hall–Kier alpha value is -0.780. The summed E-state index contributed by atoms with van der Waals surface area (Å²) in [5.41, 5.74) is 0. The Bertz CT molecular complexity index is 319. The van der Waals surface area contributed by atoms with Gasteiger partial charge in [-0.1, -0.05) is 0 Å². The van der Waals surface area contributed by atoms with Crippen LogP contribution < -0.4 is 11.0 Å². The molecular weight excluding hydrogens is 232 g/mol. The van der Waals surface area contributed by atoms with Crippen LogP contribution in [0.3, 0.4) is 0 Å². The maximum absolute atomic E-state index is 10.6. The van der Waals surface area contributed by atoms with Crippen LogP contribution in [0, 0.1) is 0 Å². The minimum Gasteiger partial charge on any atom is -0.541 e. The topological polar surface area (TPSA) is 161 Å². The second kappa shape index (κ2) is 4.83. The number of likely N-dealkylation sites (N-methyl/N-ethyl adjacent to an activating group) is 1. The summed E-state index contributed by atoms with van der Waals surface area (Å²) in [6.45, 7) is 0. The lowest BCUT2D eigenvalue weighted by atomic mass is 10.4. The Morgan fingerprint density at radius 2 is 1.60 bits per heavy atom. The first-order valence-electron chi connectivity index (χ1n) is 3.43. The lowest BCUT2D eigenvalue weighted by Gasteiger charge is -2.38. The molecule has 0 amide bonds. The smallest absolute Gasteiger partial charge is 0.370 e. The number of aliphatic hydroxyl groups is 1. The Morgan fingerprint density at radius 3 is 1.60 bits per heavy atom. The summed E-state index contributed by atoms with van der Waals surface area (Å²) in [6, 6.07) is 0. The summed E-state index contributed by atoms with van der Waals surface area (Å²) >= 11 is 0. The van der Waals surface area contributed by atoms with Crippen LogP contribution in [0.2, 0.25) is 0 Å². The molecule has 0 aliphatic rings. The number of nitrogens with zero attached hydrogens (tertiary/aromatic N) is 1. The molecule has 0 radical (unpaired) electrons. The molecule has 0 spiro atoms. The number of aliphatic carboxylic acids is 1. The molecule has 0 aromatic rings. The van der Waals surface area contributed by atoms with Gasteiger partial charge < -0.3 is 20.2 Å². The van der Waals surface area contributed by atoms with E-state index in [9.17, 15) is 23.4 Å². The van der Waals surface area contributed by atoms with Crippen LogP contribution in [-0.4, -0.2) is 59.9 Å². The maximum Gasteiger partial charge on any atom is 0.370 e. The Labute approximate surface area is 86.6 Å². The largest absolute Gasteiger partial charge is 0.541 e. The number of rotatable bonds is 3. The van der Waals surface area contributed by atoms with Gasteiger partial charge in [-0.15, -0.1) is 0 Å². The van der Waals surface area contributed by atoms with E-state index in [-0.39, 0.29) is 0 Å². The van der Waals surface area contributed by atoms with Crippen molar-refractivity contribution >= 4 is 16.1 Å². The number of quaternary nitrogens is 1. The van der Waals surface area contributed by atoms with E-state index < -0.39 is 25.6 Å². The van der Waals surface area contributed by atoms with E-state index >= 15 is 0 Å². The van der Waals surface area contributed by atoms with Crippen LogP contribution in [0.25, 0.3) is 0 Å². The van der Waals surface area contributed by atoms with Crippen LogP contribution in [0.5, 0.6) is 0 Å². The first kappa shape index (κ1) is 16.6. The average molecular weight is 246 g/mol. The predicted molar refractivity (Wildman–Crippen MR) is 45.5 cm³/mol. The van der Waals surface area contributed by atoms with Crippen molar-refractivity contribution in [1.82, 2.24) is 0 Å². The zero-order chi connectivity index (χ0) is 13.1. The highest BCUT2D eigenvalue weighted by Crippen LogP contribution is 2.20. The Balaban J connectivity index is 0. The molecule has 9 nitrogen and oxygen atoms in total. The molecule has 1 unspecified atom stereocenters. The maximum atomic E-state index is 10.6. The third-order valence-corrected chi connectivity index (χ3v) is 2.97. The highest BCUT2D eigenvalue weighted by Gasteiger charge is 2.55.